The summed E-state index contributed by atoms with van der Waals surface area (Å²) in [5.41, 5.74) is 0.0983. The highest BCUT2D eigenvalue weighted by Gasteiger charge is 2.24. The van der Waals surface area contributed by atoms with Gasteiger partial charge in [0.1, 0.15) is 0 Å². The van der Waals surface area contributed by atoms with E-state index in [4.69, 9.17) is 0 Å². The fraction of sp³-hybridized carbons (Fsp3) is 0.909. The Morgan fingerprint density at radius 2 is 1.77 bits per heavy atom. The lowest BCUT2D eigenvalue weighted by molar-refractivity contribution is -0.123. The third-order valence-electron chi connectivity index (χ3n) is 2.03. The smallest absolute Gasteiger partial charge is 0.150 e. The van der Waals surface area contributed by atoms with Crippen molar-refractivity contribution < 1.29 is 4.79 Å². The van der Waals surface area contributed by atoms with Gasteiger partial charge >= 0.3 is 0 Å². The van der Waals surface area contributed by atoms with Crippen molar-refractivity contribution in [3.05, 3.63) is 0 Å². The standard InChI is InChI=1S/C11H23NO/c1-8(2)10(12-6)9(13)7-11(3,4)5/h8,10,12H,7H2,1-6H3. The lowest BCUT2D eigenvalue weighted by atomic mass is 9.85. The van der Waals surface area contributed by atoms with Crippen molar-refractivity contribution in [1.29, 1.82) is 0 Å². The Kier molecular flexibility index (Phi) is 4.62. The first-order chi connectivity index (χ1) is 5.78. The SMILES string of the molecule is CNC(C(=O)CC(C)(C)C)C(C)C. The molecule has 0 aliphatic rings. The highest BCUT2D eigenvalue weighted by atomic mass is 16.1. The number of hydrogen-bond donors (Lipinski definition) is 1. The van der Waals surface area contributed by atoms with E-state index in [2.05, 4.69) is 39.9 Å². The third-order valence-corrected chi connectivity index (χ3v) is 2.03. The first kappa shape index (κ1) is 12.6. The molecule has 0 amide bonds. The third kappa shape index (κ3) is 5.04. The molecule has 0 rings (SSSR count). The molecule has 2 heteroatoms. The van der Waals surface area contributed by atoms with Gasteiger partial charge in [-0.15, -0.1) is 0 Å². The summed E-state index contributed by atoms with van der Waals surface area (Å²) >= 11 is 0. The van der Waals surface area contributed by atoms with Gasteiger partial charge in [0.05, 0.1) is 6.04 Å². The average molecular weight is 185 g/mol. The minimum atomic E-state index is 0.0132. The molecule has 1 N–H and O–H groups in total. The van der Waals surface area contributed by atoms with Crippen molar-refractivity contribution in [2.75, 3.05) is 7.05 Å². The van der Waals surface area contributed by atoms with Crippen LogP contribution in [-0.4, -0.2) is 18.9 Å². The number of ketones is 1. The first-order valence-electron chi connectivity index (χ1n) is 4.98. The molecule has 0 aromatic carbocycles. The van der Waals surface area contributed by atoms with E-state index in [1.807, 2.05) is 7.05 Å². The largest absolute Gasteiger partial charge is 0.310 e. The summed E-state index contributed by atoms with van der Waals surface area (Å²) in [6.45, 7) is 10.4. The van der Waals surface area contributed by atoms with E-state index in [9.17, 15) is 4.79 Å². The quantitative estimate of drug-likeness (QED) is 0.727. The van der Waals surface area contributed by atoms with Gasteiger partial charge in [0.25, 0.3) is 0 Å². The van der Waals surface area contributed by atoms with Gasteiger partial charge in [-0.3, -0.25) is 4.79 Å². The van der Waals surface area contributed by atoms with Crippen LogP contribution >= 0.6 is 0 Å². The number of Topliss-reactive ketones (excluding diaryl/α,β-unsaturated/α-hetero) is 1. The molecule has 0 bridgehead atoms. The number of rotatable bonds is 4. The molecular formula is C11H23NO. The zero-order valence-corrected chi connectivity index (χ0v) is 9.77. The van der Waals surface area contributed by atoms with Crippen molar-refractivity contribution in [2.24, 2.45) is 11.3 Å². The summed E-state index contributed by atoms with van der Waals surface area (Å²) in [5, 5.41) is 3.07. The average Bonchev–Trinajstić information content (AvgIpc) is 1.82. The second-order valence-electron chi connectivity index (χ2n) is 5.21. The number of carbonyl (C=O) groups excluding carboxylic acids is 1. The summed E-state index contributed by atoms with van der Waals surface area (Å²) in [5.74, 6) is 0.699. The molecule has 78 valence electrons. The van der Waals surface area contributed by atoms with Crippen molar-refractivity contribution in [2.45, 2.75) is 47.1 Å². The Balaban J connectivity index is 4.23. The van der Waals surface area contributed by atoms with Crippen LogP contribution in [0.5, 0.6) is 0 Å². The molecule has 0 radical (unpaired) electrons. The molecule has 13 heavy (non-hydrogen) atoms. The van der Waals surface area contributed by atoms with Gasteiger partial charge in [-0.05, 0) is 18.4 Å². The Bertz CT molecular complexity index is 167. The first-order valence-corrected chi connectivity index (χ1v) is 4.98. The van der Waals surface area contributed by atoms with Crippen molar-refractivity contribution >= 4 is 5.78 Å². The molecular weight excluding hydrogens is 162 g/mol. The maximum Gasteiger partial charge on any atom is 0.150 e. The van der Waals surface area contributed by atoms with Crippen LogP contribution in [0.15, 0.2) is 0 Å². The topological polar surface area (TPSA) is 29.1 Å². The van der Waals surface area contributed by atoms with Gasteiger partial charge < -0.3 is 5.32 Å². The van der Waals surface area contributed by atoms with E-state index in [-0.39, 0.29) is 11.5 Å². The lowest BCUT2D eigenvalue weighted by Crippen LogP contribution is -2.40. The molecule has 0 saturated carbocycles. The van der Waals surface area contributed by atoms with E-state index < -0.39 is 0 Å². The van der Waals surface area contributed by atoms with Gasteiger partial charge in [-0.2, -0.15) is 0 Å². The summed E-state index contributed by atoms with van der Waals surface area (Å²) in [7, 11) is 1.85. The van der Waals surface area contributed by atoms with E-state index in [1.54, 1.807) is 0 Å². The van der Waals surface area contributed by atoms with Crippen LogP contribution < -0.4 is 5.32 Å². The minimum Gasteiger partial charge on any atom is -0.310 e. The summed E-state index contributed by atoms with van der Waals surface area (Å²) < 4.78 is 0. The maximum atomic E-state index is 11.8. The molecule has 0 saturated heterocycles. The molecule has 0 heterocycles. The molecule has 0 spiro atoms. The zero-order chi connectivity index (χ0) is 10.6. The van der Waals surface area contributed by atoms with Crippen LogP contribution in [-0.2, 0) is 4.79 Å². The van der Waals surface area contributed by atoms with Crippen LogP contribution in [0.4, 0.5) is 0 Å². The second-order valence-corrected chi connectivity index (χ2v) is 5.21. The van der Waals surface area contributed by atoms with Crippen molar-refractivity contribution in [3.8, 4) is 0 Å². The highest BCUT2D eigenvalue weighted by Crippen LogP contribution is 2.21. The molecule has 1 atom stereocenters. The molecule has 0 aromatic rings. The molecule has 0 fully saturated rings. The van der Waals surface area contributed by atoms with Crippen LogP contribution in [0.2, 0.25) is 0 Å². The Hall–Kier alpha value is -0.370. The predicted octanol–water partition coefficient (Wildman–Crippen LogP) is 2.24. The normalized spacial score (nSPS) is 14.7. The molecule has 0 aliphatic carbocycles. The van der Waals surface area contributed by atoms with Gasteiger partial charge in [-0.25, -0.2) is 0 Å². The summed E-state index contributed by atoms with van der Waals surface area (Å²) in [6.07, 6.45) is 0.649. The van der Waals surface area contributed by atoms with Crippen LogP contribution in [0.25, 0.3) is 0 Å². The van der Waals surface area contributed by atoms with Gasteiger partial charge in [-0.1, -0.05) is 34.6 Å². The monoisotopic (exact) mass is 185 g/mol. The predicted molar refractivity (Wildman–Crippen MR) is 56.8 cm³/mol. The molecule has 0 aromatic heterocycles. The van der Waals surface area contributed by atoms with Crippen LogP contribution in [0.3, 0.4) is 0 Å². The number of nitrogens with one attached hydrogen (secondary N) is 1. The number of likely N-dealkylation sites (N-methyl/N-ethyl adjacent to an activating group) is 1. The molecule has 2 nitrogen and oxygen atoms in total. The highest BCUT2D eigenvalue weighted by molar-refractivity contribution is 5.84. The number of hydrogen-bond acceptors (Lipinski definition) is 2. The second kappa shape index (κ2) is 4.75. The van der Waals surface area contributed by atoms with E-state index in [1.165, 1.54) is 0 Å². The fourth-order valence-electron chi connectivity index (χ4n) is 1.50. The van der Waals surface area contributed by atoms with E-state index in [0.29, 0.717) is 18.1 Å². The zero-order valence-electron chi connectivity index (χ0n) is 9.77. The van der Waals surface area contributed by atoms with Gasteiger partial charge in [0.15, 0.2) is 5.78 Å². The van der Waals surface area contributed by atoms with E-state index in [0.717, 1.165) is 0 Å². The minimum absolute atomic E-state index is 0.0132. The Labute approximate surface area is 82.1 Å². The fourth-order valence-corrected chi connectivity index (χ4v) is 1.50. The van der Waals surface area contributed by atoms with Gasteiger partial charge in [0.2, 0.25) is 0 Å². The van der Waals surface area contributed by atoms with Crippen molar-refractivity contribution in [1.82, 2.24) is 5.32 Å². The van der Waals surface area contributed by atoms with Crippen LogP contribution in [0, 0.1) is 11.3 Å². The van der Waals surface area contributed by atoms with Gasteiger partial charge in [0, 0.05) is 6.42 Å². The molecule has 0 aliphatic heterocycles. The van der Waals surface area contributed by atoms with Crippen LogP contribution in [0.1, 0.15) is 41.0 Å². The van der Waals surface area contributed by atoms with Crippen molar-refractivity contribution in [3.63, 3.8) is 0 Å². The number of carbonyl (C=O) groups is 1. The lowest BCUT2D eigenvalue weighted by Gasteiger charge is -2.24. The maximum absolute atomic E-state index is 11.8. The summed E-state index contributed by atoms with van der Waals surface area (Å²) in [4.78, 5) is 11.8. The Morgan fingerprint density at radius 3 is 2.00 bits per heavy atom. The summed E-state index contributed by atoms with van der Waals surface area (Å²) in [6, 6.07) is 0.0132. The molecule has 1 unspecified atom stereocenters. The Morgan fingerprint density at radius 1 is 1.31 bits per heavy atom. The van der Waals surface area contributed by atoms with E-state index >= 15 is 0 Å².